The fraction of sp³-hybridized carbons (Fsp3) is 0.286. The number of carbonyl (C=O) groups excluding carboxylic acids is 1. The van der Waals surface area contributed by atoms with Crippen molar-refractivity contribution in [2.75, 3.05) is 13.7 Å². The zero-order chi connectivity index (χ0) is 17.4. The molecule has 128 valence electrons. The Morgan fingerprint density at radius 3 is 2.80 bits per heavy atom. The minimum Gasteiger partial charge on any atom is -0.497 e. The number of fused-ring (bicyclic) bond motifs is 1. The lowest BCUT2D eigenvalue weighted by Gasteiger charge is -2.41. The lowest BCUT2D eigenvalue weighted by molar-refractivity contribution is 0.0460. The Balaban J connectivity index is 1.60. The van der Waals surface area contributed by atoms with Gasteiger partial charge in [0, 0.05) is 35.8 Å². The number of methoxy groups -OCH3 is 1. The standard InChI is InChI=1S/C21H22N2O2/c1-3-22-11-9-16-13-17(7-8-19(16)22)21(24)23-12-10-20(23)15-5-4-6-18(14-15)25-2/h4-9,11,13-14,20H,3,10,12H2,1-2H3/t20-/m1/s1. The van der Waals surface area contributed by atoms with Crippen molar-refractivity contribution in [3.63, 3.8) is 0 Å². The van der Waals surface area contributed by atoms with Crippen molar-refractivity contribution >= 4 is 16.8 Å². The Morgan fingerprint density at radius 2 is 2.08 bits per heavy atom. The monoisotopic (exact) mass is 334 g/mol. The maximum absolute atomic E-state index is 13.0. The molecule has 0 bridgehead atoms. The van der Waals surface area contributed by atoms with Crippen LogP contribution in [0.5, 0.6) is 5.75 Å². The van der Waals surface area contributed by atoms with Gasteiger partial charge >= 0.3 is 0 Å². The number of aromatic nitrogens is 1. The van der Waals surface area contributed by atoms with Crippen molar-refractivity contribution in [2.45, 2.75) is 25.9 Å². The van der Waals surface area contributed by atoms with E-state index in [-0.39, 0.29) is 11.9 Å². The molecule has 0 N–H and O–H groups in total. The Kier molecular flexibility index (Phi) is 3.96. The number of nitrogens with zero attached hydrogens (tertiary/aromatic N) is 2. The van der Waals surface area contributed by atoms with E-state index in [9.17, 15) is 4.79 Å². The Bertz CT molecular complexity index is 929. The highest BCUT2D eigenvalue weighted by molar-refractivity contribution is 5.98. The predicted octanol–water partition coefficient (Wildman–Crippen LogP) is 4.26. The van der Waals surface area contributed by atoms with Gasteiger partial charge in [-0.3, -0.25) is 4.79 Å². The summed E-state index contributed by atoms with van der Waals surface area (Å²) in [6, 6.07) is 16.2. The maximum Gasteiger partial charge on any atom is 0.254 e. The van der Waals surface area contributed by atoms with Gasteiger partial charge in [0.05, 0.1) is 13.2 Å². The van der Waals surface area contributed by atoms with Crippen molar-refractivity contribution < 1.29 is 9.53 Å². The molecule has 1 aliphatic heterocycles. The van der Waals surface area contributed by atoms with Crippen LogP contribution in [0.15, 0.2) is 54.7 Å². The van der Waals surface area contributed by atoms with Gasteiger partial charge in [0.25, 0.3) is 5.91 Å². The van der Waals surface area contributed by atoms with Gasteiger partial charge < -0.3 is 14.2 Å². The third-order valence-electron chi connectivity index (χ3n) is 5.12. The first-order valence-electron chi connectivity index (χ1n) is 8.75. The van der Waals surface area contributed by atoms with Crippen LogP contribution >= 0.6 is 0 Å². The van der Waals surface area contributed by atoms with E-state index in [0.717, 1.165) is 41.8 Å². The van der Waals surface area contributed by atoms with Gasteiger partial charge in [-0.2, -0.15) is 0 Å². The van der Waals surface area contributed by atoms with Crippen molar-refractivity contribution in [3.05, 3.63) is 65.9 Å². The molecule has 0 saturated carbocycles. The summed E-state index contributed by atoms with van der Waals surface area (Å²) in [5, 5.41) is 1.12. The summed E-state index contributed by atoms with van der Waals surface area (Å²) in [5.41, 5.74) is 3.07. The Morgan fingerprint density at radius 1 is 1.20 bits per heavy atom. The summed E-state index contributed by atoms with van der Waals surface area (Å²) in [6.45, 7) is 3.85. The smallest absolute Gasteiger partial charge is 0.254 e. The van der Waals surface area contributed by atoms with Gasteiger partial charge in [0.2, 0.25) is 0 Å². The van der Waals surface area contributed by atoms with E-state index in [1.54, 1.807) is 7.11 Å². The van der Waals surface area contributed by atoms with Crippen LogP contribution in [0.2, 0.25) is 0 Å². The number of amides is 1. The second-order valence-corrected chi connectivity index (χ2v) is 6.45. The van der Waals surface area contributed by atoms with Crippen molar-refractivity contribution in [1.82, 2.24) is 9.47 Å². The average Bonchev–Trinajstić information content (AvgIpc) is 3.03. The normalized spacial score (nSPS) is 16.7. The van der Waals surface area contributed by atoms with Crippen molar-refractivity contribution in [1.29, 1.82) is 0 Å². The number of rotatable bonds is 4. The van der Waals surface area contributed by atoms with Crippen LogP contribution < -0.4 is 4.74 Å². The maximum atomic E-state index is 13.0. The molecule has 1 saturated heterocycles. The molecule has 25 heavy (non-hydrogen) atoms. The van der Waals surface area contributed by atoms with Gasteiger partial charge in [0.1, 0.15) is 5.75 Å². The largest absolute Gasteiger partial charge is 0.497 e. The minimum atomic E-state index is 0.102. The van der Waals surface area contributed by atoms with Gasteiger partial charge in [-0.05, 0) is 55.3 Å². The quantitative estimate of drug-likeness (QED) is 0.714. The van der Waals surface area contributed by atoms with E-state index in [1.807, 2.05) is 41.3 Å². The van der Waals surface area contributed by atoms with Crippen LogP contribution in [-0.4, -0.2) is 29.0 Å². The number of ether oxygens (including phenoxy) is 1. The fourth-order valence-corrected chi connectivity index (χ4v) is 3.60. The van der Waals surface area contributed by atoms with E-state index in [0.29, 0.717) is 0 Å². The fourth-order valence-electron chi connectivity index (χ4n) is 3.60. The summed E-state index contributed by atoms with van der Waals surface area (Å²) < 4.78 is 7.50. The highest BCUT2D eigenvalue weighted by atomic mass is 16.5. The van der Waals surface area contributed by atoms with Crippen LogP contribution in [0.4, 0.5) is 0 Å². The molecule has 1 fully saturated rings. The summed E-state index contributed by atoms with van der Waals surface area (Å²) >= 11 is 0. The number of likely N-dealkylation sites (tertiary alicyclic amines) is 1. The Hall–Kier alpha value is -2.75. The molecule has 4 nitrogen and oxygen atoms in total. The Labute approximate surface area is 147 Å². The highest BCUT2D eigenvalue weighted by Gasteiger charge is 2.34. The first-order valence-corrected chi connectivity index (χ1v) is 8.75. The van der Waals surface area contributed by atoms with Gasteiger partial charge in [-0.1, -0.05) is 12.1 Å². The SMILES string of the molecule is CCn1ccc2cc(C(=O)N3CC[C@@H]3c3cccc(OC)c3)ccc21. The first kappa shape index (κ1) is 15.8. The molecule has 0 radical (unpaired) electrons. The van der Waals surface area contributed by atoms with E-state index < -0.39 is 0 Å². The topological polar surface area (TPSA) is 34.5 Å². The zero-order valence-electron chi connectivity index (χ0n) is 14.6. The molecular formula is C21H22N2O2. The van der Waals surface area contributed by atoms with Gasteiger partial charge in [-0.25, -0.2) is 0 Å². The van der Waals surface area contributed by atoms with E-state index in [1.165, 1.54) is 5.52 Å². The molecule has 2 heterocycles. The lowest BCUT2D eigenvalue weighted by Crippen LogP contribution is -2.45. The number of benzene rings is 2. The van der Waals surface area contributed by atoms with Crippen LogP contribution in [0, 0.1) is 0 Å². The molecule has 0 aliphatic carbocycles. The van der Waals surface area contributed by atoms with E-state index in [4.69, 9.17) is 4.74 Å². The number of aryl methyl sites for hydroxylation is 1. The molecule has 1 aromatic heterocycles. The molecule has 4 rings (SSSR count). The predicted molar refractivity (Wildman–Crippen MR) is 99.0 cm³/mol. The summed E-state index contributed by atoms with van der Waals surface area (Å²) in [7, 11) is 1.67. The van der Waals surface area contributed by atoms with Crippen molar-refractivity contribution in [2.24, 2.45) is 0 Å². The van der Waals surface area contributed by atoms with Crippen LogP contribution in [0.1, 0.15) is 35.3 Å². The molecule has 1 amide bonds. The summed E-state index contributed by atoms with van der Waals surface area (Å²) in [6.07, 6.45) is 3.06. The number of carbonyl (C=O) groups is 1. The molecule has 0 unspecified atom stereocenters. The molecule has 2 aromatic carbocycles. The molecule has 3 aromatic rings. The number of hydrogen-bond donors (Lipinski definition) is 0. The van der Waals surface area contributed by atoms with Crippen LogP contribution in [-0.2, 0) is 6.54 Å². The van der Waals surface area contributed by atoms with Crippen LogP contribution in [0.25, 0.3) is 10.9 Å². The number of hydrogen-bond acceptors (Lipinski definition) is 2. The summed E-state index contributed by atoms with van der Waals surface area (Å²) in [5.74, 6) is 0.935. The molecule has 0 spiro atoms. The third kappa shape index (κ3) is 2.68. The molecular weight excluding hydrogens is 312 g/mol. The van der Waals surface area contributed by atoms with Crippen LogP contribution in [0.3, 0.4) is 0 Å². The molecule has 1 aliphatic rings. The first-order chi connectivity index (χ1) is 12.2. The van der Waals surface area contributed by atoms with E-state index >= 15 is 0 Å². The average molecular weight is 334 g/mol. The molecule has 1 atom stereocenters. The second-order valence-electron chi connectivity index (χ2n) is 6.45. The summed E-state index contributed by atoms with van der Waals surface area (Å²) in [4.78, 5) is 14.9. The van der Waals surface area contributed by atoms with Gasteiger partial charge in [0.15, 0.2) is 0 Å². The van der Waals surface area contributed by atoms with E-state index in [2.05, 4.69) is 29.8 Å². The zero-order valence-corrected chi connectivity index (χ0v) is 14.6. The minimum absolute atomic E-state index is 0.102. The third-order valence-corrected chi connectivity index (χ3v) is 5.12. The highest BCUT2D eigenvalue weighted by Crippen LogP contribution is 2.36. The lowest BCUT2D eigenvalue weighted by atomic mass is 9.93. The second kappa shape index (κ2) is 6.28. The van der Waals surface area contributed by atoms with Crippen molar-refractivity contribution in [3.8, 4) is 5.75 Å². The van der Waals surface area contributed by atoms with Gasteiger partial charge in [-0.15, -0.1) is 0 Å². The molecule has 4 heteroatoms.